The van der Waals surface area contributed by atoms with Gasteiger partial charge >= 0.3 is 6.03 Å². The van der Waals surface area contributed by atoms with Gasteiger partial charge in [-0.3, -0.25) is 4.68 Å². The molecular weight excluding hydrogens is 260 g/mol. The Labute approximate surface area is 115 Å². The van der Waals surface area contributed by atoms with E-state index in [0.717, 1.165) is 4.88 Å². The second kappa shape index (κ2) is 6.75. The number of thiophene rings is 1. The first-order valence-corrected chi connectivity index (χ1v) is 6.84. The third-order valence-corrected chi connectivity index (χ3v) is 3.55. The topological polar surface area (TPSA) is 59.0 Å². The van der Waals surface area contributed by atoms with Crippen LogP contribution in [0.2, 0.25) is 0 Å². The molecule has 0 aliphatic rings. The zero-order valence-electron chi connectivity index (χ0n) is 10.5. The molecule has 0 aliphatic heterocycles. The Morgan fingerprint density at radius 3 is 3.05 bits per heavy atom. The van der Waals surface area contributed by atoms with Crippen LogP contribution in [0.25, 0.3) is 0 Å². The first kappa shape index (κ1) is 13.4. The van der Waals surface area contributed by atoms with Gasteiger partial charge in [0.2, 0.25) is 0 Å². The molecule has 5 nitrogen and oxygen atoms in total. The number of aromatic nitrogens is 2. The van der Waals surface area contributed by atoms with Gasteiger partial charge in [-0.1, -0.05) is 12.1 Å². The lowest BCUT2D eigenvalue weighted by Crippen LogP contribution is -2.39. The second-order valence-electron chi connectivity index (χ2n) is 3.90. The smallest absolute Gasteiger partial charge is 0.315 e. The fraction of sp³-hybridized carbons (Fsp3) is 0.231. The summed E-state index contributed by atoms with van der Waals surface area (Å²) in [7, 11) is 0. The number of hydrogen-bond donors (Lipinski definition) is 2. The number of nitrogens with zero attached hydrogens (tertiary/aromatic N) is 2. The number of urea groups is 1. The Morgan fingerprint density at radius 2 is 2.42 bits per heavy atom. The van der Waals surface area contributed by atoms with Gasteiger partial charge in [-0.05, 0) is 17.5 Å². The van der Waals surface area contributed by atoms with Crippen molar-refractivity contribution in [2.24, 2.45) is 0 Å². The highest BCUT2D eigenvalue weighted by Gasteiger charge is 2.15. The molecule has 0 bridgehead atoms. The Hall–Kier alpha value is -2.08. The average Bonchev–Trinajstić information content (AvgIpc) is 3.09. The second-order valence-corrected chi connectivity index (χ2v) is 4.88. The summed E-state index contributed by atoms with van der Waals surface area (Å²) in [4.78, 5) is 12.7. The maximum atomic E-state index is 11.5. The lowest BCUT2D eigenvalue weighted by molar-refractivity contribution is 0.240. The molecule has 0 aliphatic carbocycles. The van der Waals surface area contributed by atoms with Gasteiger partial charge in [-0.25, -0.2) is 4.79 Å². The summed E-state index contributed by atoms with van der Waals surface area (Å²) in [6.07, 6.45) is 5.27. The normalized spacial score (nSPS) is 11.8. The zero-order chi connectivity index (χ0) is 13.5. The van der Waals surface area contributed by atoms with Crippen LogP contribution >= 0.6 is 11.3 Å². The van der Waals surface area contributed by atoms with Crippen molar-refractivity contribution in [2.45, 2.75) is 6.04 Å². The molecule has 2 rings (SSSR count). The molecule has 100 valence electrons. The molecule has 0 spiro atoms. The summed E-state index contributed by atoms with van der Waals surface area (Å²) in [5.74, 6) is 0. The molecule has 0 radical (unpaired) electrons. The van der Waals surface area contributed by atoms with Gasteiger partial charge in [0.15, 0.2) is 0 Å². The molecule has 2 amide bonds. The molecule has 19 heavy (non-hydrogen) atoms. The number of amides is 2. The third-order valence-electron chi connectivity index (χ3n) is 2.58. The lowest BCUT2D eigenvalue weighted by atomic mass is 10.2. The van der Waals surface area contributed by atoms with Crippen LogP contribution < -0.4 is 10.6 Å². The monoisotopic (exact) mass is 276 g/mol. The van der Waals surface area contributed by atoms with E-state index in [1.54, 1.807) is 23.6 Å². The van der Waals surface area contributed by atoms with E-state index < -0.39 is 0 Å². The molecule has 2 N–H and O–H groups in total. The van der Waals surface area contributed by atoms with Crippen molar-refractivity contribution >= 4 is 17.4 Å². The highest BCUT2D eigenvalue weighted by atomic mass is 32.1. The van der Waals surface area contributed by atoms with Crippen LogP contribution in [0.5, 0.6) is 0 Å². The number of carbonyl (C=O) groups excluding carboxylic acids is 1. The summed E-state index contributed by atoms with van der Waals surface area (Å²) in [6, 6.07) is 5.73. The number of hydrogen-bond acceptors (Lipinski definition) is 3. The van der Waals surface area contributed by atoms with Crippen LogP contribution in [0.4, 0.5) is 4.79 Å². The van der Waals surface area contributed by atoms with Gasteiger partial charge in [-0.15, -0.1) is 17.9 Å². The van der Waals surface area contributed by atoms with Gasteiger partial charge in [-0.2, -0.15) is 5.10 Å². The predicted octanol–water partition coefficient (Wildman–Crippen LogP) is 2.02. The maximum absolute atomic E-state index is 11.5. The van der Waals surface area contributed by atoms with E-state index in [0.29, 0.717) is 13.1 Å². The van der Waals surface area contributed by atoms with Crippen LogP contribution in [0.15, 0.2) is 48.6 Å². The maximum Gasteiger partial charge on any atom is 0.315 e. The van der Waals surface area contributed by atoms with E-state index in [1.807, 2.05) is 34.5 Å². The molecule has 0 aromatic carbocycles. The Bertz CT molecular complexity index is 473. The van der Waals surface area contributed by atoms with Crippen molar-refractivity contribution in [3.63, 3.8) is 0 Å². The number of carbonyl (C=O) groups is 1. The van der Waals surface area contributed by atoms with Gasteiger partial charge in [0.05, 0.1) is 0 Å². The Kier molecular flexibility index (Phi) is 4.74. The van der Waals surface area contributed by atoms with E-state index in [1.165, 1.54) is 0 Å². The predicted molar refractivity (Wildman–Crippen MR) is 76.3 cm³/mol. The number of rotatable bonds is 6. The summed E-state index contributed by atoms with van der Waals surface area (Å²) in [5.41, 5.74) is 0. The standard InChI is InChI=1S/C13H16N4OS/c1-2-6-14-13(18)15-10-11(12-5-3-9-19-12)17-8-4-7-16-17/h2-5,7-9,11H,1,6,10H2,(H2,14,15,18). The average molecular weight is 276 g/mol. The van der Waals surface area contributed by atoms with Crippen molar-refractivity contribution in [1.82, 2.24) is 20.4 Å². The van der Waals surface area contributed by atoms with Crippen LogP contribution in [-0.4, -0.2) is 28.9 Å². The van der Waals surface area contributed by atoms with Crippen LogP contribution in [0.3, 0.4) is 0 Å². The molecule has 2 aromatic heterocycles. The first-order chi connectivity index (χ1) is 9.31. The van der Waals surface area contributed by atoms with Gasteiger partial charge in [0.1, 0.15) is 6.04 Å². The molecule has 1 atom stereocenters. The van der Waals surface area contributed by atoms with Crippen molar-refractivity contribution in [3.8, 4) is 0 Å². The van der Waals surface area contributed by atoms with Crippen molar-refractivity contribution in [1.29, 1.82) is 0 Å². The van der Waals surface area contributed by atoms with Crippen molar-refractivity contribution < 1.29 is 4.79 Å². The molecule has 0 saturated carbocycles. The van der Waals surface area contributed by atoms with Crippen LogP contribution in [-0.2, 0) is 0 Å². The SMILES string of the molecule is C=CCNC(=O)NCC(c1cccs1)n1cccn1. The summed E-state index contributed by atoms with van der Waals surface area (Å²) < 4.78 is 1.85. The minimum Gasteiger partial charge on any atom is -0.336 e. The quantitative estimate of drug-likeness (QED) is 0.793. The fourth-order valence-electron chi connectivity index (χ4n) is 1.69. The van der Waals surface area contributed by atoms with E-state index in [-0.39, 0.29) is 12.1 Å². The molecule has 0 fully saturated rings. The Balaban J connectivity index is 2.00. The third kappa shape index (κ3) is 3.69. The van der Waals surface area contributed by atoms with Crippen molar-refractivity contribution in [2.75, 3.05) is 13.1 Å². The molecule has 2 aromatic rings. The van der Waals surface area contributed by atoms with E-state index in [9.17, 15) is 4.79 Å². The summed E-state index contributed by atoms with van der Waals surface area (Å²) in [6.45, 7) is 4.50. The zero-order valence-corrected chi connectivity index (χ0v) is 11.3. The molecule has 1 unspecified atom stereocenters. The highest BCUT2D eigenvalue weighted by Crippen LogP contribution is 2.21. The summed E-state index contributed by atoms with van der Waals surface area (Å²) >= 11 is 1.65. The number of nitrogens with one attached hydrogen (secondary N) is 2. The van der Waals surface area contributed by atoms with Gasteiger partial charge in [0.25, 0.3) is 0 Å². The lowest BCUT2D eigenvalue weighted by Gasteiger charge is -2.17. The van der Waals surface area contributed by atoms with Gasteiger partial charge < -0.3 is 10.6 Å². The molecule has 2 heterocycles. The van der Waals surface area contributed by atoms with E-state index in [4.69, 9.17) is 0 Å². The Morgan fingerprint density at radius 1 is 1.53 bits per heavy atom. The van der Waals surface area contributed by atoms with Crippen LogP contribution in [0.1, 0.15) is 10.9 Å². The minimum absolute atomic E-state index is 0.0180. The van der Waals surface area contributed by atoms with E-state index >= 15 is 0 Å². The molecule has 6 heteroatoms. The molecule has 0 saturated heterocycles. The minimum atomic E-state index is -0.200. The highest BCUT2D eigenvalue weighted by molar-refractivity contribution is 7.10. The van der Waals surface area contributed by atoms with E-state index in [2.05, 4.69) is 22.3 Å². The van der Waals surface area contributed by atoms with Crippen LogP contribution in [0, 0.1) is 0 Å². The fourth-order valence-corrected chi connectivity index (χ4v) is 2.51. The summed E-state index contributed by atoms with van der Waals surface area (Å²) in [5, 5.41) is 11.8. The largest absolute Gasteiger partial charge is 0.336 e. The molecular formula is C13H16N4OS. The van der Waals surface area contributed by atoms with Crippen molar-refractivity contribution in [3.05, 3.63) is 53.5 Å². The first-order valence-electron chi connectivity index (χ1n) is 5.96. The van der Waals surface area contributed by atoms with Gasteiger partial charge in [0, 0.05) is 30.4 Å².